The average Bonchev–Trinajstić information content (AvgIpc) is 2.33. The minimum atomic E-state index is -1.16. The van der Waals surface area contributed by atoms with Gasteiger partial charge >= 0.3 is 6.03 Å². The van der Waals surface area contributed by atoms with Crippen LogP contribution in [0.15, 0.2) is 22.7 Å². The SMILES string of the molecule is CC(CO)(CO)NC(=O)Nc1cc(Br)ccc1F. The van der Waals surface area contributed by atoms with E-state index in [4.69, 9.17) is 10.2 Å². The second kappa shape index (κ2) is 6.12. The highest BCUT2D eigenvalue weighted by molar-refractivity contribution is 9.10. The van der Waals surface area contributed by atoms with Crippen LogP contribution in [0.25, 0.3) is 0 Å². The molecule has 0 fully saturated rings. The zero-order chi connectivity index (χ0) is 13.8. The fraction of sp³-hybridized carbons (Fsp3) is 0.364. The number of aliphatic hydroxyl groups is 2. The van der Waals surface area contributed by atoms with E-state index in [1.54, 1.807) is 0 Å². The maximum Gasteiger partial charge on any atom is 0.319 e. The summed E-state index contributed by atoms with van der Waals surface area (Å²) >= 11 is 3.16. The number of halogens is 2. The second-order valence-corrected chi connectivity index (χ2v) is 5.00. The first kappa shape index (κ1) is 14.9. The Labute approximate surface area is 112 Å². The average molecular weight is 321 g/mol. The number of hydrogen-bond acceptors (Lipinski definition) is 3. The largest absolute Gasteiger partial charge is 0.394 e. The highest BCUT2D eigenvalue weighted by Crippen LogP contribution is 2.20. The number of carbonyl (C=O) groups excluding carboxylic acids is 1. The third-order valence-corrected chi connectivity index (χ3v) is 2.78. The Kier molecular flexibility index (Phi) is 5.06. The Bertz CT molecular complexity index is 438. The predicted octanol–water partition coefficient (Wildman–Crippen LogP) is 1.45. The fourth-order valence-corrected chi connectivity index (χ4v) is 1.51. The van der Waals surface area contributed by atoms with Crippen molar-refractivity contribution in [3.8, 4) is 0 Å². The summed E-state index contributed by atoms with van der Waals surface area (Å²) in [5, 5.41) is 22.7. The van der Waals surface area contributed by atoms with Gasteiger partial charge in [-0.25, -0.2) is 9.18 Å². The van der Waals surface area contributed by atoms with Gasteiger partial charge in [-0.05, 0) is 25.1 Å². The van der Waals surface area contributed by atoms with Crippen LogP contribution in [0.2, 0.25) is 0 Å². The van der Waals surface area contributed by atoms with Crippen LogP contribution in [0.3, 0.4) is 0 Å². The minimum Gasteiger partial charge on any atom is -0.394 e. The molecule has 1 aromatic rings. The monoisotopic (exact) mass is 320 g/mol. The van der Waals surface area contributed by atoms with Gasteiger partial charge in [-0.3, -0.25) is 0 Å². The van der Waals surface area contributed by atoms with Gasteiger partial charge in [-0.15, -0.1) is 0 Å². The van der Waals surface area contributed by atoms with E-state index in [1.807, 2.05) is 0 Å². The normalized spacial score (nSPS) is 11.2. The topological polar surface area (TPSA) is 81.6 Å². The van der Waals surface area contributed by atoms with Crippen molar-refractivity contribution in [1.82, 2.24) is 5.32 Å². The summed E-state index contributed by atoms with van der Waals surface area (Å²) in [7, 11) is 0. The van der Waals surface area contributed by atoms with E-state index < -0.39 is 30.6 Å². The predicted molar refractivity (Wildman–Crippen MR) is 68.8 cm³/mol. The summed E-state index contributed by atoms with van der Waals surface area (Å²) in [6, 6.07) is 3.41. The summed E-state index contributed by atoms with van der Waals surface area (Å²) in [5.74, 6) is -0.581. The maximum atomic E-state index is 13.4. The van der Waals surface area contributed by atoms with Gasteiger partial charge in [0.05, 0.1) is 24.4 Å². The summed E-state index contributed by atoms with van der Waals surface area (Å²) in [5.41, 5.74) is -1.16. The van der Waals surface area contributed by atoms with Crippen molar-refractivity contribution < 1.29 is 19.4 Å². The van der Waals surface area contributed by atoms with Crippen molar-refractivity contribution in [1.29, 1.82) is 0 Å². The molecule has 0 aliphatic heterocycles. The Balaban J connectivity index is 2.73. The van der Waals surface area contributed by atoms with Crippen LogP contribution in [-0.2, 0) is 0 Å². The number of anilines is 1. The van der Waals surface area contributed by atoms with Gasteiger partial charge < -0.3 is 20.8 Å². The first-order valence-corrected chi connectivity index (χ1v) is 5.95. The molecule has 5 nitrogen and oxygen atoms in total. The second-order valence-electron chi connectivity index (χ2n) is 4.08. The van der Waals surface area contributed by atoms with Crippen LogP contribution in [0.1, 0.15) is 6.92 Å². The summed E-state index contributed by atoms with van der Waals surface area (Å²) < 4.78 is 14.0. The molecule has 0 heterocycles. The van der Waals surface area contributed by atoms with E-state index in [0.29, 0.717) is 4.47 Å². The van der Waals surface area contributed by atoms with Crippen molar-refractivity contribution in [2.75, 3.05) is 18.5 Å². The number of nitrogens with one attached hydrogen (secondary N) is 2. The van der Waals surface area contributed by atoms with Gasteiger partial charge in [0.15, 0.2) is 0 Å². The molecule has 0 spiro atoms. The lowest BCUT2D eigenvalue weighted by Gasteiger charge is -2.26. The number of carbonyl (C=O) groups is 1. The molecule has 0 saturated carbocycles. The highest BCUT2D eigenvalue weighted by atomic mass is 79.9. The van der Waals surface area contributed by atoms with Gasteiger partial charge in [-0.2, -0.15) is 0 Å². The first-order chi connectivity index (χ1) is 8.40. The first-order valence-electron chi connectivity index (χ1n) is 5.16. The zero-order valence-electron chi connectivity index (χ0n) is 9.70. The Morgan fingerprint density at radius 2 is 2.06 bits per heavy atom. The number of hydrogen-bond donors (Lipinski definition) is 4. The van der Waals surface area contributed by atoms with E-state index in [0.717, 1.165) is 0 Å². The number of aliphatic hydroxyl groups excluding tert-OH is 2. The molecule has 1 aromatic carbocycles. The molecule has 1 rings (SSSR count). The summed E-state index contributed by atoms with van der Waals surface area (Å²) in [6.45, 7) is 0.597. The Morgan fingerprint density at radius 1 is 1.44 bits per heavy atom. The van der Waals surface area contributed by atoms with E-state index >= 15 is 0 Å². The van der Waals surface area contributed by atoms with Gasteiger partial charge in [-0.1, -0.05) is 15.9 Å². The lowest BCUT2D eigenvalue weighted by Crippen LogP contribution is -2.53. The number of urea groups is 1. The van der Waals surface area contributed by atoms with Gasteiger partial charge in [0.1, 0.15) is 5.82 Å². The third kappa shape index (κ3) is 3.94. The molecule has 100 valence electrons. The summed E-state index contributed by atoms with van der Waals surface area (Å²) in [4.78, 5) is 11.6. The van der Waals surface area contributed by atoms with Gasteiger partial charge in [0, 0.05) is 4.47 Å². The molecule has 0 saturated heterocycles. The zero-order valence-corrected chi connectivity index (χ0v) is 11.3. The Morgan fingerprint density at radius 3 is 2.61 bits per heavy atom. The van der Waals surface area contributed by atoms with Gasteiger partial charge in [0.2, 0.25) is 0 Å². The van der Waals surface area contributed by atoms with Crippen LogP contribution in [0.5, 0.6) is 0 Å². The minimum absolute atomic E-state index is 0.0000968. The molecular formula is C11H14BrFN2O3. The van der Waals surface area contributed by atoms with Crippen LogP contribution >= 0.6 is 15.9 Å². The fourth-order valence-electron chi connectivity index (χ4n) is 1.15. The van der Waals surface area contributed by atoms with Crippen LogP contribution < -0.4 is 10.6 Å². The van der Waals surface area contributed by atoms with Crippen molar-refractivity contribution in [3.63, 3.8) is 0 Å². The molecule has 0 aliphatic carbocycles. The number of benzene rings is 1. The van der Waals surface area contributed by atoms with Crippen molar-refractivity contribution in [2.24, 2.45) is 0 Å². The maximum absolute atomic E-state index is 13.4. The quantitative estimate of drug-likeness (QED) is 0.678. The standard InChI is InChI=1S/C11H14BrFN2O3/c1-11(5-16,6-17)15-10(18)14-9-4-7(12)2-3-8(9)13/h2-4,16-17H,5-6H2,1H3,(H2,14,15,18). The van der Waals surface area contributed by atoms with E-state index in [1.165, 1.54) is 25.1 Å². The number of amides is 2. The molecule has 4 N–H and O–H groups in total. The van der Waals surface area contributed by atoms with Crippen molar-refractivity contribution in [3.05, 3.63) is 28.5 Å². The molecule has 2 amide bonds. The molecule has 0 atom stereocenters. The lowest BCUT2D eigenvalue weighted by molar-refractivity contribution is 0.111. The van der Waals surface area contributed by atoms with E-state index in [-0.39, 0.29) is 5.69 Å². The van der Waals surface area contributed by atoms with E-state index in [2.05, 4.69) is 26.6 Å². The molecule has 0 radical (unpaired) electrons. The molecule has 7 heteroatoms. The third-order valence-electron chi connectivity index (χ3n) is 2.29. The molecule has 18 heavy (non-hydrogen) atoms. The molecule has 0 bridgehead atoms. The van der Waals surface area contributed by atoms with Crippen molar-refractivity contribution >= 4 is 27.6 Å². The van der Waals surface area contributed by atoms with E-state index in [9.17, 15) is 9.18 Å². The van der Waals surface area contributed by atoms with Crippen LogP contribution in [0, 0.1) is 5.82 Å². The Hall–Kier alpha value is -1.18. The van der Waals surface area contributed by atoms with Crippen LogP contribution in [-0.4, -0.2) is 35.0 Å². The van der Waals surface area contributed by atoms with Crippen molar-refractivity contribution in [2.45, 2.75) is 12.5 Å². The number of rotatable bonds is 4. The summed E-state index contributed by atoms with van der Waals surface area (Å²) in [6.07, 6.45) is 0. The van der Waals surface area contributed by atoms with Gasteiger partial charge in [0.25, 0.3) is 0 Å². The smallest absolute Gasteiger partial charge is 0.319 e. The molecule has 0 aromatic heterocycles. The highest BCUT2D eigenvalue weighted by Gasteiger charge is 2.24. The lowest BCUT2D eigenvalue weighted by atomic mass is 10.1. The molecule has 0 aliphatic rings. The molecular weight excluding hydrogens is 307 g/mol. The molecule has 0 unspecified atom stereocenters. The van der Waals surface area contributed by atoms with Crippen LogP contribution in [0.4, 0.5) is 14.9 Å².